The summed E-state index contributed by atoms with van der Waals surface area (Å²) >= 11 is 0. The van der Waals surface area contributed by atoms with Gasteiger partial charge in [0.25, 0.3) is 0 Å². The minimum Gasteiger partial charge on any atom is -0.387 e. The van der Waals surface area contributed by atoms with Crippen molar-refractivity contribution >= 4 is 24.7 Å². The fraction of sp³-hybridized carbons (Fsp3) is 0.429. The zero-order valence-corrected chi connectivity index (χ0v) is 19.0. The molecule has 0 radical (unpaired) electrons. The standard InChI is InChI=1S/C21H24FN4O7P/c1-21(28)17(27)16(32-20(21)26-8-6-13-18(23)24-11-25-19(13)26)10-31-34(29)30-9-7-15(33-34)12-4-2-3-5-14(12)22/h2-6,8,11,15-17,20,27-28H,7,9-10H2,1H3,(H2,23,24,25)/t15-,16-,17-,20-,21-,34+/m1/s1. The summed E-state index contributed by atoms with van der Waals surface area (Å²) in [7, 11) is -4.08. The lowest BCUT2D eigenvalue weighted by Gasteiger charge is -2.30. The van der Waals surface area contributed by atoms with Crippen LogP contribution in [-0.2, 0) is 22.9 Å². The highest BCUT2D eigenvalue weighted by Crippen LogP contribution is 2.57. The van der Waals surface area contributed by atoms with Crippen molar-refractivity contribution in [3.8, 4) is 0 Å². The molecule has 11 nitrogen and oxygen atoms in total. The number of phosphoric acid groups is 1. The maximum Gasteiger partial charge on any atom is 0.475 e. The van der Waals surface area contributed by atoms with Crippen molar-refractivity contribution in [2.24, 2.45) is 0 Å². The highest BCUT2D eigenvalue weighted by atomic mass is 31.2. The van der Waals surface area contributed by atoms with Crippen molar-refractivity contribution in [1.82, 2.24) is 14.5 Å². The van der Waals surface area contributed by atoms with E-state index in [1.807, 2.05) is 0 Å². The molecule has 6 atom stereocenters. The summed E-state index contributed by atoms with van der Waals surface area (Å²) in [5.41, 5.74) is 4.78. The summed E-state index contributed by atoms with van der Waals surface area (Å²) < 4.78 is 50.8. The lowest BCUT2D eigenvalue weighted by Crippen LogP contribution is -2.44. The van der Waals surface area contributed by atoms with Crippen molar-refractivity contribution < 1.29 is 37.5 Å². The molecule has 182 valence electrons. The molecule has 0 aliphatic carbocycles. The van der Waals surface area contributed by atoms with Gasteiger partial charge in [-0.25, -0.2) is 18.9 Å². The van der Waals surface area contributed by atoms with E-state index in [-0.39, 0.29) is 18.0 Å². The largest absolute Gasteiger partial charge is 0.475 e. The first kappa shape index (κ1) is 23.3. The number of nitrogen functional groups attached to an aromatic ring is 1. The Labute approximate surface area is 193 Å². The number of aromatic nitrogens is 3. The van der Waals surface area contributed by atoms with Gasteiger partial charge in [0.2, 0.25) is 0 Å². The van der Waals surface area contributed by atoms with Gasteiger partial charge >= 0.3 is 7.82 Å². The Kier molecular flexibility index (Phi) is 5.93. The van der Waals surface area contributed by atoms with E-state index >= 15 is 0 Å². The topological polar surface area (TPSA) is 151 Å². The molecule has 0 spiro atoms. The van der Waals surface area contributed by atoms with Gasteiger partial charge in [-0.05, 0) is 19.1 Å². The average molecular weight is 494 g/mol. The Bertz CT molecular complexity index is 1250. The number of halogens is 1. The molecule has 2 saturated heterocycles. The molecule has 2 aliphatic rings. The van der Waals surface area contributed by atoms with E-state index in [1.54, 1.807) is 30.5 Å². The lowest BCUT2D eigenvalue weighted by atomic mass is 9.96. The number of hydrogen-bond acceptors (Lipinski definition) is 10. The fourth-order valence-electron chi connectivity index (χ4n) is 4.25. The zero-order valence-electron chi connectivity index (χ0n) is 18.2. The van der Waals surface area contributed by atoms with Crippen LogP contribution in [-0.4, -0.2) is 55.8 Å². The molecule has 5 rings (SSSR count). The summed E-state index contributed by atoms with van der Waals surface area (Å²) in [5.74, 6) is -0.228. The number of phosphoric ester groups is 1. The molecule has 0 saturated carbocycles. The number of rotatable bonds is 5. The Morgan fingerprint density at radius 3 is 2.94 bits per heavy atom. The van der Waals surface area contributed by atoms with Crippen LogP contribution in [0.4, 0.5) is 10.2 Å². The Morgan fingerprint density at radius 2 is 2.15 bits per heavy atom. The van der Waals surface area contributed by atoms with Crippen LogP contribution in [0.1, 0.15) is 31.2 Å². The van der Waals surface area contributed by atoms with Crippen molar-refractivity contribution in [2.75, 3.05) is 18.9 Å². The number of nitrogens with zero attached hydrogens (tertiary/aromatic N) is 3. The van der Waals surface area contributed by atoms with Gasteiger partial charge in [0.15, 0.2) is 6.23 Å². The highest BCUT2D eigenvalue weighted by molar-refractivity contribution is 7.48. The van der Waals surface area contributed by atoms with Gasteiger partial charge in [-0.3, -0.25) is 13.6 Å². The molecule has 0 amide bonds. The van der Waals surface area contributed by atoms with E-state index in [4.69, 9.17) is 24.0 Å². The van der Waals surface area contributed by atoms with E-state index < -0.39 is 50.4 Å². The van der Waals surface area contributed by atoms with Gasteiger partial charge < -0.3 is 25.3 Å². The van der Waals surface area contributed by atoms with Crippen molar-refractivity contribution in [3.05, 3.63) is 54.2 Å². The summed E-state index contributed by atoms with van der Waals surface area (Å²) in [6.07, 6.45) is -1.18. The highest BCUT2D eigenvalue weighted by Gasteiger charge is 2.54. The van der Waals surface area contributed by atoms with Crippen molar-refractivity contribution in [3.63, 3.8) is 0 Å². The van der Waals surface area contributed by atoms with Gasteiger partial charge in [-0.2, -0.15) is 0 Å². The Morgan fingerprint density at radius 1 is 1.35 bits per heavy atom. The van der Waals surface area contributed by atoms with Crippen LogP contribution < -0.4 is 5.73 Å². The number of nitrogens with two attached hydrogens (primary N) is 1. The maximum absolute atomic E-state index is 14.2. The predicted octanol–water partition coefficient (Wildman–Crippen LogP) is 2.46. The van der Waals surface area contributed by atoms with Crippen molar-refractivity contribution in [1.29, 1.82) is 0 Å². The SMILES string of the molecule is C[C@@]1(O)[C@H](O)[C@@H](CO[P@]2(=O)OCC[C@H](c3ccccc3F)O2)O[C@H]1n1ccc2c(N)ncnc21. The first-order chi connectivity index (χ1) is 16.2. The maximum atomic E-state index is 14.2. The Balaban J connectivity index is 1.31. The molecule has 2 fully saturated rings. The quantitative estimate of drug-likeness (QED) is 0.451. The molecule has 0 unspecified atom stereocenters. The van der Waals surface area contributed by atoms with E-state index in [1.165, 1.54) is 23.9 Å². The minimum atomic E-state index is -4.08. The number of fused-ring (bicyclic) bond motifs is 1. The third kappa shape index (κ3) is 4.01. The van der Waals surface area contributed by atoms with Gasteiger partial charge in [0.1, 0.15) is 41.4 Å². The fourth-order valence-corrected chi connectivity index (χ4v) is 5.63. The molecule has 34 heavy (non-hydrogen) atoms. The van der Waals surface area contributed by atoms with Crippen LogP contribution in [0.5, 0.6) is 0 Å². The third-order valence-corrected chi connectivity index (χ3v) is 7.56. The van der Waals surface area contributed by atoms with Crippen LogP contribution in [0.3, 0.4) is 0 Å². The molecule has 2 aromatic heterocycles. The second-order valence-corrected chi connectivity index (χ2v) is 10.0. The Hall–Kier alpha value is -2.44. The minimum absolute atomic E-state index is 0.0289. The van der Waals surface area contributed by atoms with Gasteiger partial charge in [-0.1, -0.05) is 18.2 Å². The average Bonchev–Trinajstić information content (AvgIpc) is 3.32. The van der Waals surface area contributed by atoms with Gasteiger partial charge in [0.05, 0.1) is 24.7 Å². The first-order valence-electron chi connectivity index (χ1n) is 10.6. The van der Waals surface area contributed by atoms with Crippen LogP contribution >= 0.6 is 7.82 Å². The molecule has 4 N–H and O–H groups in total. The molecule has 0 bridgehead atoms. The van der Waals surface area contributed by atoms with Crippen LogP contribution in [0.15, 0.2) is 42.9 Å². The monoisotopic (exact) mass is 494 g/mol. The molecule has 13 heteroatoms. The second kappa shape index (κ2) is 8.65. The number of anilines is 1. The lowest BCUT2D eigenvalue weighted by molar-refractivity contribution is -0.0951. The number of benzene rings is 1. The van der Waals surface area contributed by atoms with Crippen LogP contribution in [0.2, 0.25) is 0 Å². The number of aliphatic hydroxyl groups is 2. The van der Waals surface area contributed by atoms with Crippen molar-refractivity contribution in [2.45, 2.75) is 43.5 Å². The second-order valence-electron chi connectivity index (χ2n) is 8.40. The van der Waals surface area contributed by atoms with Gasteiger partial charge in [0, 0.05) is 18.2 Å². The summed E-state index contributed by atoms with van der Waals surface area (Å²) in [5, 5.41) is 22.3. The van der Waals surface area contributed by atoms with Crippen LogP contribution in [0.25, 0.3) is 11.0 Å². The first-order valence-corrected chi connectivity index (χ1v) is 12.1. The van der Waals surface area contributed by atoms with Gasteiger partial charge in [-0.15, -0.1) is 0 Å². The van der Waals surface area contributed by atoms with E-state index in [0.717, 1.165) is 0 Å². The molecule has 3 aromatic rings. The molecule has 2 aliphatic heterocycles. The van der Waals surface area contributed by atoms with E-state index in [0.29, 0.717) is 17.5 Å². The van der Waals surface area contributed by atoms with E-state index in [9.17, 15) is 19.2 Å². The predicted molar refractivity (Wildman–Crippen MR) is 117 cm³/mol. The summed E-state index contributed by atoms with van der Waals surface area (Å²) in [6.45, 7) is 1.02. The zero-order chi connectivity index (χ0) is 24.1. The van der Waals surface area contributed by atoms with E-state index in [2.05, 4.69) is 9.97 Å². The molecular weight excluding hydrogens is 470 g/mol. The normalized spacial score (nSPS) is 34.0. The molecular formula is C21H24FN4O7P. The number of aliphatic hydroxyl groups excluding tert-OH is 1. The van der Waals surface area contributed by atoms with Crippen LogP contribution in [0, 0.1) is 5.82 Å². The third-order valence-electron chi connectivity index (χ3n) is 6.08. The number of ether oxygens (including phenoxy) is 1. The summed E-state index contributed by atoms with van der Waals surface area (Å²) in [4.78, 5) is 8.12. The molecule has 4 heterocycles. The molecule has 1 aromatic carbocycles. The number of hydrogen-bond donors (Lipinski definition) is 3. The summed E-state index contributed by atoms with van der Waals surface area (Å²) in [6, 6.07) is 7.69. The smallest absolute Gasteiger partial charge is 0.387 e.